The van der Waals surface area contributed by atoms with Gasteiger partial charge in [0.1, 0.15) is 11.5 Å². The molecule has 96 valence electrons. The Morgan fingerprint density at radius 3 is 2.22 bits per heavy atom. The molecule has 0 saturated heterocycles. The Hall–Kier alpha value is -1.74. The summed E-state index contributed by atoms with van der Waals surface area (Å²) in [5.41, 5.74) is 0. The van der Waals surface area contributed by atoms with E-state index in [-0.39, 0.29) is 6.29 Å². The molecule has 0 heterocycles. The summed E-state index contributed by atoms with van der Waals surface area (Å²) < 4.78 is 16.5. The van der Waals surface area contributed by atoms with Gasteiger partial charge in [-0.05, 0) is 26.0 Å². The van der Waals surface area contributed by atoms with Gasteiger partial charge in [0.05, 0.1) is 7.11 Å². The summed E-state index contributed by atoms with van der Waals surface area (Å²) >= 11 is 0. The van der Waals surface area contributed by atoms with E-state index in [1.165, 1.54) is 0 Å². The molecule has 0 aliphatic heterocycles. The van der Waals surface area contributed by atoms with Crippen LogP contribution in [0.3, 0.4) is 0 Å². The molecule has 2 rings (SSSR count). The molecule has 0 fully saturated rings. The maximum Gasteiger partial charge on any atom is 0.196 e. The summed E-state index contributed by atoms with van der Waals surface area (Å²) in [6.07, 6.45) is -0.258. The van der Waals surface area contributed by atoms with Crippen molar-refractivity contribution in [1.82, 2.24) is 0 Å². The molecular weight excluding hydrogens is 228 g/mol. The van der Waals surface area contributed by atoms with Crippen LogP contribution in [0.1, 0.15) is 13.8 Å². The zero-order chi connectivity index (χ0) is 13.0. The molecule has 0 saturated carbocycles. The van der Waals surface area contributed by atoms with E-state index in [1.807, 2.05) is 50.2 Å². The fourth-order valence-corrected chi connectivity index (χ4v) is 1.97. The van der Waals surface area contributed by atoms with Gasteiger partial charge in [-0.1, -0.05) is 24.3 Å². The van der Waals surface area contributed by atoms with Gasteiger partial charge in [-0.3, -0.25) is 0 Å². The second-order valence-corrected chi connectivity index (χ2v) is 3.95. The normalized spacial score (nSPS) is 12.4. The van der Waals surface area contributed by atoms with E-state index >= 15 is 0 Å². The van der Waals surface area contributed by atoms with Crippen molar-refractivity contribution >= 4 is 10.8 Å². The largest absolute Gasteiger partial charge is 0.496 e. The third kappa shape index (κ3) is 2.57. The molecule has 0 spiro atoms. The summed E-state index contributed by atoms with van der Waals surface area (Å²) in [7, 11) is 1.67. The predicted molar refractivity (Wildman–Crippen MR) is 72.2 cm³/mol. The number of hydrogen-bond acceptors (Lipinski definition) is 3. The number of methoxy groups -OCH3 is 1. The Labute approximate surface area is 107 Å². The first kappa shape index (κ1) is 12.7. The monoisotopic (exact) mass is 246 g/mol. The second-order valence-electron chi connectivity index (χ2n) is 3.95. The number of rotatable bonds is 5. The van der Waals surface area contributed by atoms with E-state index in [2.05, 4.69) is 0 Å². The Kier molecular flexibility index (Phi) is 4.05. The predicted octanol–water partition coefficient (Wildman–Crippen LogP) is 3.61. The van der Waals surface area contributed by atoms with E-state index in [4.69, 9.17) is 14.2 Å². The van der Waals surface area contributed by atoms with Crippen molar-refractivity contribution in [2.75, 3.05) is 13.7 Å². The topological polar surface area (TPSA) is 27.7 Å². The van der Waals surface area contributed by atoms with Crippen LogP contribution in [0.2, 0.25) is 0 Å². The van der Waals surface area contributed by atoms with E-state index in [9.17, 15) is 0 Å². The van der Waals surface area contributed by atoms with Crippen LogP contribution < -0.4 is 9.47 Å². The van der Waals surface area contributed by atoms with Gasteiger partial charge < -0.3 is 14.2 Å². The first-order chi connectivity index (χ1) is 8.76. The standard InChI is InChI=1S/C15H18O3/c1-4-17-11(2)18-15-10-9-14(16-3)12-7-5-6-8-13(12)15/h5-11H,4H2,1-3H3. The van der Waals surface area contributed by atoms with Crippen molar-refractivity contribution in [2.24, 2.45) is 0 Å². The van der Waals surface area contributed by atoms with Crippen molar-refractivity contribution in [3.63, 3.8) is 0 Å². The van der Waals surface area contributed by atoms with Crippen LogP contribution in [0.5, 0.6) is 11.5 Å². The highest BCUT2D eigenvalue weighted by Crippen LogP contribution is 2.33. The average molecular weight is 246 g/mol. The lowest BCUT2D eigenvalue weighted by atomic mass is 10.1. The average Bonchev–Trinajstić information content (AvgIpc) is 2.39. The fraction of sp³-hybridized carbons (Fsp3) is 0.333. The molecular formula is C15H18O3. The maximum atomic E-state index is 5.79. The highest BCUT2D eigenvalue weighted by atomic mass is 16.7. The molecule has 0 bridgehead atoms. The number of benzene rings is 2. The van der Waals surface area contributed by atoms with E-state index in [0.717, 1.165) is 22.3 Å². The van der Waals surface area contributed by atoms with Gasteiger partial charge in [-0.15, -0.1) is 0 Å². The van der Waals surface area contributed by atoms with Crippen molar-refractivity contribution < 1.29 is 14.2 Å². The fourth-order valence-electron chi connectivity index (χ4n) is 1.97. The number of ether oxygens (including phenoxy) is 3. The lowest BCUT2D eigenvalue weighted by Crippen LogP contribution is -2.16. The molecule has 3 nitrogen and oxygen atoms in total. The van der Waals surface area contributed by atoms with Gasteiger partial charge in [-0.25, -0.2) is 0 Å². The van der Waals surface area contributed by atoms with E-state index < -0.39 is 0 Å². The third-order valence-electron chi connectivity index (χ3n) is 2.76. The molecule has 1 unspecified atom stereocenters. The minimum absolute atomic E-state index is 0.258. The smallest absolute Gasteiger partial charge is 0.196 e. The summed E-state index contributed by atoms with van der Waals surface area (Å²) in [6, 6.07) is 11.8. The molecule has 18 heavy (non-hydrogen) atoms. The third-order valence-corrected chi connectivity index (χ3v) is 2.76. The van der Waals surface area contributed by atoms with Crippen LogP contribution >= 0.6 is 0 Å². The second kappa shape index (κ2) is 5.74. The number of fused-ring (bicyclic) bond motifs is 1. The highest BCUT2D eigenvalue weighted by molar-refractivity contribution is 5.93. The Morgan fingerprint density at radius 1 is 1.00 bits per heavy atom. The van der Waals surface area contributed by atoms with Gasteiger partial charge in [0, 0.05) is 17.4 Å². The molecule has 3 heteroatoms. The van der Waals surface area contributed by atoms with Crippen molar-refractivity contribution in [1.29, 1.82) is 0 Å². The lowest BCUT2D eigenvalue weighted by Gasteiger charge is -2.17. The highest BCUT2D eigenvalue weighted by Gasteiger charge is 2.09. The number of hydrogen-bond donors (Lipinski definition) is 0. The van der Waals surface area contributed by atoms with Crippen LogP contribution in [0, 0.1) is 0 Å². The molecule has 2 aromatic carbocycles. The van der Waals surface area contributed by atoms with E-state index in [1.54, 1.807) is 7.11 Å². The Balaban J connectivity index is 2.40. The summed E-state index contributed by atoms with van der Waals surface area (Å²) in [5.74, 6) is 1.66. The Bertz CT molecular complexity index is 522. The van der Waals surface area contributed by atoms with Crippen molar-refractivity contribution in [2.45, 2.75) is 20.1 Å². The molecule has 1 atom stereocenters. The molecule has 0 aromatic heterocycles. The van der Waals surface area contributed by atoms with Gasteiger partial charge in [0.25, 0.3) is 0 Å². The van der Waals surface area contributed by atoms with Crippen LogP contribution in [0.15, 0.2) is 36.4 Å². The minimum atomic E-state index is -0.258. The van der Waals surface area contributed by atoms with Gasteiger partial charge in [0.15, 0.2) is 6.29 Å². The summed E-state index contributed by atoms with van der Waals surface area (Å²) in [6.45, 7) is 4.48. The van der Waals surface area contributed by atoms with Crippen LogP contribution in [-0.2, 0) is 4.74 Å². The van der Waals surface area contributed by atoms with Gasteiger partial charge in [-0.2, -0.15) is 0 Å². The molecule has 0 radical (unpaired) electrons. The summed E-state index contributed by atoms with van der Waals surface area (Å²) in [5, 5.41) is 2.07. The zero-order valence-corrected chi connectivity index (χ0v) is 11.0. The van der Waals surface area contributed by atoms with E-state index in [0.29, 0.717) is 6.61 Å². The molecule has 0 aliphatic rings. The van der Waals surface area contributed by atoms with Crippen molar-refractivity contribution in [3.8, 4) is 11.5 Å². The SMILES string of the molecule is CCOC(C)Oc1ccc(OC)c2ccccc12. The minimum Gasteiger partial charge on any atom is -0.496 e. The molecule has 2 aromatic rings. The molecule has 0 N–H and O–H groups in total. The lowest BCUT2D eigenvalue weighted by molar-refractivity contribution is -0.0605. The van der Waals surface area contributed by atoms with Gasteiger partial charge >= 0.3 is 0 Å². The molecule has 0 aliphatic carbocycles. The maximum absolute atomic E-state index is 5.79. The van der Waals surface area contributed by atoms with Crippen molar-refractivity contribution in [3.05, 3.63) is 36.4 Å². The first-order valence-electron chi connectivity index (χ1n) is 6.10. The van der Waals surface area contributed by atoms with Crippen LogP contribution in [0.25, 0.3) is 10.8 Å². The molecule has 0 amide bonds. The summed E-state index contributed by atoms with van der Waals surface area (Å²) in [4.78, 5) is 0. The zero-order valence-electron chi connectivity index (χ0n) is 11.0. The van der Waals surface area contributed by atoms with Crippen LogP contribution in [-0.4, -0.2) is 20.0 Å². The first-order valence-corrected chi connectivity index (χ1v) is 6.10. The van der Waals surface area contributed by atoms with Crippen LogP contribution in [0.4, 0.5) is 0 Å². The quantitative estimate of drug-likeness (QED) is 0.754. The Morgan fingerprint density at radius 2 is 1.61 bits per heavy atom. The van der Waals surface area contributed by atoms with Gasteiger partial charge in [0.2, 0.25) is 0 Å².